The van der Waals surface area contributed by atoms with Crippen LogP contribution in [0.4, 0.5) is 0 Å². The summed E-state index contributed by atoms with van der Waals surface area (Å²) in [4.78, 5) is 0. The molecule has 1 aromatic heterocycles. The maximum Gasteiger partial charge on any atom is 0.110 e. The summed E-state index contributed by atoms with van der Waals surface area (Å²) in [5, 5.41) is 0. The lowest BCUT2D eigenvalue weighted by atomic mass is 10.1. The van der Waals surface area contributed by atoms with E-state index in [9.17, 15) is 0 Å². The number of furan rings is 1. The molecule has 1 aromatic rings. The largest absolute Gasteiger partial charge is 0.469 e. The third kappa shape index (κ3) is 1.97. The molecular weight excluding hydrogens is 136 g/mol. The van der Waals surface area contributed by atoms with Crippen molar-refractivity contribution in [2.75, 3.05) is 0 Å². The zero-order chi connectivity index (χ0) is 8.27. The van der Waals surface area contributed by atoms with Gasteiger partial charge in [-0.3, -0.25) is 0 Å². The first kappa shape index (κ1) is 8.12. The van der Waals surface area contributed by atoms with Crippen molar-refractivity contribution in [3.8, 4) is 0 Å². The molecule has 0 spiro atoms. The third-order valence-corrected chi connectivity index (χ3v) is 1.90. The maximum absolute atomic E-state index is 5.30. The molecule has 0 aromatic carbocycles. The fourth-order valence-electron chi connectivity index (χ4n) is 0.941. The van der Waals surface area contributed by atoms with Crippen molar-refractivity contribution >= 4 is 0 Å². The van der Waals surface area contributed by atoms with Crippen LogP contribution in [0.3, 0.4) is 0 Å². The van der Waals surface area contributed by atoms with E-state index in [0.717, 1.165) is 12.2 Å². The van der Waals surface area contributed by atoms with Crippen LogP contribution in [-0.4, -0.2) is 0 Å². The van der Waals surface area contributed by atoms with Crippen molar-refractivity contribution in [3.63, 3.8) is 0 Å². The van der Waals surface area contributed by atoms with Gasteiger partial charge >= 0.3 is 0 Å². The van der Waals surface area contributed by atoms with Gasteiger partial charge in [0.2, 0.25) is 0 Å². The van der Waals surface area contributed by atoms with E-state index in [1.807, 2.05) is 13.0 Å². The van der Waals surface area contributed by atoms with Gasteiger partial charge in [0, 0.05) is 6.42 Å². The smallest absolute Gasteiger partial charge is 0.110 e. The summed E-state index contributed by atoms with van der Waals surface area (Å²) in [6.07, 6.45) is 4.80. The first-order valence-electron chi connectivity index (χ1n) is 3.88. The molecule has 0 fully saturated rings. The Hall–Kier alpha value is -0.980. The molecule has 1 heteroatoms. The lowest BCUT2D eigenvalue weighted by Gasteiger charge is -1.97. The molecule has 0 atom stereocenters. The number of hydrogen-bond donors (Lipinski definition) is 0. The summed E-state index contributed by atoms with van der Waals surface area (Å²) in [6.45, 7) is 6.23. The van der Waals surface area contributed by atoms with Crippen LogP contribution in [0.1, 0.15) is 25.2 Å². The van der Waals surface area contributed by atoms with Gasteiger partial charge in [-0.05, 0) is 32.4 Å². The van der Waals surface area contributed by atoms with Gasteiger partial charge in [-0.1, -0.05) is 11.6 Å². The monoisotopic (exact) mass is 150 g/mol. The SMILES string of the molecule is CC=C(C)Cc1occc1C. The molecule has 60 valence electrons. The van der Waals surface area contributed by atoms with Crippen LogP contribution in [0.2, 0.25) is 0 Å². The number of allylic oxidation sites excluding steroid dienone is 2. The highest BCUT2D eigenvalue weighted by molar-refractivity contribution is 5.19. The second-order valence-electron chi connectivity index (χ2n) is 2.84. The molecule has 0 saturated heterocycles. The Kier molecular flexibility index (Phi) is 2.53. The van der Waals surface area contributed by atoms with Crippen molar-refractivity contribution in [3.05, 3.63) is 35.3 Å². The molecular formula is C10H14O. The average Bonchev–Trinajstić information content (AvgIpc) is 2.37. The van der Waals surface area contributed by atoms with Crippen molar-refractivity contribution in [2.45, 2.75) is 27.2 Å². The summed E-state index contributed by atoms with van der Waals surface area (Å²) in [7, 11) is 0. The highest BCUT2D eigenvalue weighted by Crippen LogP contribution is 2.13. The van der Waals surface area contributed by atoms with E-state index in [4.69, 9.17) is 4.42 Å². The van der Waals surface area contributed by atoms with Crippen molar-refractivity contribution in [1.29, 1.82) is 0 Å². The Morgan fingerprint density at radius 2 is 2.36 bits per heavy atom. The van der Waals surface area contributed by atoms with Gasteiger partial charge in [-0.2, -0.15) is 0 Å². The predicted octanol–water partition coefficient (Wildman–Crippen LogP) is 3.10. The zero-order valence-corrected chi connectivity index (χ0v) is 7.35. The molecule has 0 aliphatic rings. The Labute approximate surface area is 67.7 Å². The van der Waals surface area contributed by atoms with E-state index in [-0.39, 0.29) is 0 Å². The van der Waals surface area contributed by atoms with Gasteiger partial charge in [0.25, 0.3) is 0 Å². The van der Waals surface area contributed by atoms with Crippen LogP contribution in [0.15, 0.2) is 28.4 Å². The van der Waals surface area contributed by atoms with E-state index in [1.165, 1.54) is 11.1 Å². The Bertz CT molecular complexity index is 256. The fourth-order valence-corrected chi connectivity index (χ4v) is 0.941. The minimum absolute atomic E-state index is 0.940. The number of rotatable bonds is 2. The van der Waals surface area contributed by atoms with Gasteiger partial charge < -0.3 is 4.42 Å². The second-order valence-corrected chi connectivity index (χ2v) is 2.84. The van der Waals surface area contributed by atoms with E-state index in [1.54, 1.807) is 6.26 Å². The van der Waals surface area contributed by atoms with Gasteiger partial charge in [0.05, 0.1) is 6.26 Å². The molecule has 11 heavy (non-hydrogen) atoms. The Morgan fingerprint density at radius 1 is 1.64 bits per heavy atom. The van der Waals surface area contributed by atoms with Gasteiger partial charge in [-0.25, -0.2) is 0 Å². The summed E-state index contributed by atoms with van der Waals surface area (Å²) >= 11 is 0. The maximum atomic E-state index is 5.30. The highest BCUT2D eigenvalue weighted by Gasteiger charge is 2.00. The summed E-state index contributed by atoms with van der Waals surface area (Å²) in [5.74, 6) is 1.08. The lowest BCUT2D eigenvalue weighted by Crippen LogP contribution is -1.85. The topological polar surface area (TPSA) is 13.1 Å². The molecule has 0 amide bonds. The van der Waals surface area contributed by atoms with Crippen LogP contribution in [0, 0.1) is 6.92 Å². The highest BCUT2D eigenvalue weighted by atomic mass is 16.3. The van der Waals surface area contributed by atoms with Crippen molar-refractivity contribution in [2.24, 2.45) is 0 Å². The molecule has 1 heterocycles. The standard InChI is InChI=1S/C10H14O/c1-4-8(2)7-10-9(3)5-6-11-10/h4-6H,7H2,1-3H3. The molecule has 0 unspecified atom stereocenters. The Morgan fingerprint density at radius 3 is 2.82 bits per heavy atom. The van der Waals surface area contributed by atoms with Crippen molar-refractivity contribution in [1.82, 2.24) is 0 Å². The summed E-state index contributed by atoms with van der Waals surface area (Å²) in [5.41, 5.74) is 2.59. The lowest BCUT2D eigenvalue weighted by molar-refractivity contribution is 0.517. The summed E-state index contributed by atoms with van der Waals surface area (Å²) < 4.78 is 5.30. The van der Waals surface area contributed by atoms with Gasteiger partial charge in [-0.15, -0.1) is 0 Å². The van der Waals surface area contributed by atoms with Gasteiger partial charge in [0.1, 0.15) is 5.76 Å². The second kappa shape index (κ2) is 3.42. The van der Waals surface area contributed by atoms with Crippen LogP contribution in [-0.2, 0) is 6.42 Å². The number of hydrogen-bond acceptors (Lipinski definition) is 1. The molecule has 0 saturated carbocycles. The zero-order valence-electron chi connectivity index (χ0n) is 7.35. The first-order chi connectivity index (χ1) is 5.24. The van der Waals surface area contributed by atoms with Crippen LogP contribution in [0.25, 0.3) is 0 Å². The minimum Gasteiger partial charge on any atom is -0.469 e. The third-order valence-electron chi connectivity index (χ3n) is 1.90. The number of aryl methyl sites for hydroxylation is 1. The summed E-state index contributed by atoms with van der Waals surface area (Å²) in [6, 6.07) is 2.00. The molecule has 1 rings (SSSR count). The molecule has 0 bridgehead atoms. The fraction of sp³-hybridized carbons (Fsp3) is 0.400. The average molecular weight is 150 g/mol. The molecule has 0 radical (unpaired) electrons. The van der Waals surface area contributed by atoms with Gasteiger partial charge in [0.15, 0.2) is 0 Å². The molecule has 0 aliphatic carbocycles. The molecule has 1 nitrogen and oxygen atoms in total. The van der Waals surface area contributed by atoms with Crippen molar-refractivity contribution < 1.29 is 4.42 Å². The quantitative estimate of drug-likeness (QED) is 0.590. The normalized spacial score (nSPS) is 12.1. The van der Waals surface area contributed by atoms with E-state index < -0.39 is 0 Å². The van der Waals surface area contributed by atoms with E-state index in [2.05, 4.69) is 19.9 Å². The molecule has 0 aliphatic heterocycles. The predicted molar refractivity (Wildman–Crippen MR) is 46.6 cm³/mol. The van der Waals surface area contributed by atoms with Crippen LogP contribution in [0.5, 0.6) is 0 Å². The first-order valence-corrected chi connectivity index (χ1v) is 3.88. The van der Waals surface area contributed by atoms with Crippen LogP contribution < -0.4 is 0 Å². The minimum atomic E-state index is 0.940. The van der Waals surface area contributed by atoms with Crippen LogP contribution >= 0.6 is 0 Å². The van der Waals surface area contributed by atoms with E-state index in [0.29, 0.717) is 0 Å². The Balaban J connectivity index is 2.72. The molecule has 0 N–H and O–H groups in total. The van der Waals surface area contributed by atoms with E-state index >= 15 is 0 Å².